The van der Waals surface area contributed by atoms with E-state index in [1.165, 1.54) is 0 Å². The third kappa shape index (κ3) is 1.52. The Morgan fingerprint density at radius 3 is 3.00 bits per heavy atom. The van der Waals surface area contributed by atoms with Gasteiger partial charge in [-0.15, -0.1) is 0 Å². The van der Waals surface area contributed by atoms with E-state index in [2.05, 4.69) is 18.0 Å². The Labute approximate surface area is 84.6 Å². The topological polar surface area (TPSA) is 62.3 Å². The summed E-state index contributed by atoms with van der Waals surface area (Å²) in [5, 5.41) is 8.41. The normalized spacial score (nSPS) is 41.5. The Balaban J connectivity index is 1.88. The molecule has 4 heteroatoms. The van der Waals surface area contributed by atoms with Crippen molar-refractivity contribution in [2.45, 2.75) is 31.0 Å². The lowest BCUT2D eigenvalue weighted by atomic mass is 10.1. The van der Waals surface area contributed by atoms with E-state index in [1.54, 1.807) is 0 Å². The van der Waals surface area contributed by atoms with Gasteiger partial charge in [-0.1, -0.05) is 0 Å². The number of piperidine rings is 1. The van der Waals surface area contributed by atoms with Crippen LogP contribution in [0.2, 0.25) is 0 Å². The van der Waals surface area contributed by atoms with Crippen LogP contribution in [-0.2, 0) is 4.74 Å². The molecule has 0 amide bonds. The molecule has 2 rings (SSSR count). The van der Waals surface area contributed by atoms with Crippen molar-refractivity contribution in [3.05, 3.63) is 0 Å². The Bertz CT molecular complexity index is 250. The van der Waals surface area contributed by atoms with Crippen LogP contribution in [0, 0.1) is 17.2 Å². The Morgan fingerprint density at radius 2 is 2.43 bits per heavy atom. The van der Waals surface area contributed by atoms with E-state index in [-0.39, 0.29) is 12.1 Å². The maximum absolute atomic E-state index is 8.41. The van der Waals surface area contributed by atoms with E-state index >= 15 is 0 Å². The number of rotatable bonds is 3. The molecular formula is C10H17N3O. The third-order valence-corrected chi connectivity index (χ3v) is 3.43. The molecule has 1 heterocycles. The Hall–Kier alpha value is -0.630. The number of hydrogen-bond acceptors (Lipinski definition) is 4. The van der Waals surface area contributed by atoms with Crippen molar-refractivity contribution < 1.29 is 4.74 Å². The van der Waals surface area contributed by atoms with Crippen LogP contribution >= 0.6 is 0 Å². The van der Waals surface area contributed by atoms with Gasteiger partial charge in [-0.3, -0.25) is 4.90 Å². The SMILES string of the molecule is CN1C[C@H]2C[C@H](OCCC#N)[C@@H]1[C@@H]2N. The van der Waals surface area contributed by atoms with E-state index in [1.807, 2.05) is 0 Å². The summed E-state index contributed by atoms with van der Waals surface area (Å²) in [6.07, 6.45) is 1.80. The average Bonchev–Trinajstić information content (AvgIpc) is 2.58. The van der Waals surface area contributed by atoms with Gasteiger partial charge in [0.25, 0.3) is 0 Å². The summed E-state index contributed by atoms with van der Waals surface area (Å²) in [6, 6.07) is 2.73. The van der Waals surface area contributed by atoms with Gasteiger partial charge in [-0.2, -0.15) is 5.26 Å². The van der Waals surface area contributed by atoms with Gasteiger partial charge < -0.3 is 10.5 Å². The molecule has 0 unspecified atom stereocenters. The van der Waals surface area contributed by atoms with Crippen LogP contribution in [0.3, 0.4) is 0 Å². The summed E-state index contributed by atoms with van der Waals surface area (Å²) in [7, 11) is 2.10. The van der Waals surface area contributed by atoms with Gasteiger partial charge in [-0.25, -0.2) is 0 Å². The van der Waals surface area contributed by atoms with Gasteiger partial charge in [-0.05, 0) is 19.4 Å². The smallest absolute Gasteiger partial charge is 0.0749 e. The van der Waals surface area contributed by atoms with E-state index in [0.717, 1.165) is 13.0 Å². The van der Waals surface area contributed by atoms with Crippen molar-refractivity contribution in [3.63, 3.8) is 0 Å². The molecule has 0 radical (unpaired) electrons. The maximum Gasteiger partial charge on any atom is 0.0749 e. The summed E-state index contributed by atoms with van der Waals surface area (Å²) in [5.74, 6) is 0.595. The van der Waals surface area contributed by atoms with Crippen molar-refractivity contribution in [1.29, 1.82) is 5.26 Å². The summed E-state index contributed by atoms with van der Waals surface area (Å²) in [6.45, 7) is 1.65. The Morgan fingerprint density at radius 1 is 1.64 bits per heavy atom. The van der Waals surface area contributed by atoms with Crippen LogP contribution in [0.5, 0.6) is 0 Å². The standard InChI is InChI=1S/C10H17N3O/c1-13-6-7-5-8(10(13)9(7)12)14-4-2-3-11/h7-10H,2,4-6,12H2,1H3/t7-,8+,9-,10-/m1/s1. The quantitative estimate of drug-likeness (QED) is 0.641. The maximum atomic E-state index is 8.41. The summed E-state index contributed by atoms with van der Waals surface area (Å²) in [4.78, 5) is 2.29. The van der Waals surface area contributed by atoms with Crippen molar-refractivity contribution in [3.8, 4) is 6.07 Å². The predicted octanol–water partition coefficient (Wildman–Crippen LogP) is -0.0535. The molecule has 1 saturated heterocycles. The molecule has 0 aromatic rings. The minimum Gasteiger partial charge on any atom is -0.375 e. The van der Waals surface area contributed by atoms with Gasteiger partial charge in [0, 0.05) is 12.6 Å². The van der Waals surface area contributed by atoms with Crippen LogP contribution in [0.15, 0.2) is 0 Å². The highest BCUT2D eigenvalue weighted by Crippen LogP contribution is 2.37. The van der Waals surface area contributed by atoms with E-state index < -0.39 is 0 Å². The third-order valence-electron chi connectivity index (χ3n) is 3.43. The fourth-order valence-electron chi connectivity index (χ4n) is 2.81. The summed E-state index contributed by atoms with van der Waals surface area (Å²) >= 11 is 0. The molecule has 4 atom stereocenters. The van der Waals surface area contributed by atoms with Gasteiger partial charge in [0.1, 0.15) is 0 Å². The fourth-order valence-corrected chi connectivity index (χ4v) is 2.81. The van der Waals surface area contributed by atoms with Crippen LogP contribution in [0.4, 0.5) is 0 Å². The number of ether oxygens (including phenoxy) is 1. The zero-order valence-electron chi connectivity index (χ0n) is 8.52. The number of likely N-dealkylation sites (tertiary alicyclic amines) is 1. The predicted molar refractivity (Wildman–Crippen MR) is 52.5 cm³/mol. The molecule has 2 aliphatic rings. The molecule has 1 saturated carbocycles. The lowest BCUT2D eigenvalue weighted by molar-refractivity contribution is -0.00146. The lowest BCUT2D eigenvalue weighted by Gasteiger charge is -2.29. The van der Waals surface area contributed by atoms with Crippen LogP contribution in [-0.4, -0.2) is 43.3 Å². The molecule has 2 fully saturated rings. The molecule has 1 aliphatic carbocycles. The van der Waals surface area contributed by atoms with E-state index in [9.17, 15) is 0 Å². The Kier molecular flexibility index (Phi) is 2.73. The second kappa shape index (κ2) is 3.85. The van der Waals surface area contributed by atoms with Crippen molar-refractivity contribution in [1.82, 2.24) is 4.90 Å². The van der Waals surface area contributed by atoms with Crippen molar-refractivity contribution >= 4 is 0 Å². The number of fused-ring (bicyclic) bond motifs is 2. The number of nitrogens with two attached hydrogens (primary N) is 1. The molecule has 0 aromatic heterocycles. The molecule has 14 heavy (non-hydrogen) atoms. The molecule has 0 spiro atoms. The molecule has 4 nitrogen and oxygen atoms in total. The summed E-state index contributed by atoms with van der Waals surface area (Å²) in [5.41, 5.74) is 6.08. The highest BCUT2D eigenvalue weighted by molar-refractivity contribution is 5.06. The monoisotopic (exact) mass is 195 g/mol. The first-order valence-corrected chi connectivity index (χ1v) is 5.18. The first-order valence-electron chi connectivity index (χ1n) is 5.18. The zero-order valence-corrected chi connectivity index (χ0v) is 8.52. The molecular weight excluding hydrogens is 178 g/mol. The van der Waals surface area contributed by atoms with Gasteiger partial charge in [0.15, 0.2) is 0 Å². The minimum absolute atomic E-state index is 0.252. The second-order valence-electron chi connectivity index (χ2n) is 4.32. The second-order valence-corrected chi connectivity index (χ2v) is 4.32. The number of hydrogen-bond donors (Lipinski definition) is 1. The minimum atomic E-state index is 0.252. The fraction of sp³-hybridized carbons (Fsp3) is 0.900. The highest BCUT2D eigenvalue weighted by atomic mass is 16.5. The highest BCUT2D eigenvalue weighted by Gasteiger charge is 2.49. The number of nitriles is 1. The molecule has 0 aromatic carbocycles. The summed E-state index contributed by atoms with van der Waals surface area (Å²) < 4.78 is 5.67. The van der Waals surface area contributed by atoms with E-state index in [4.69, 9.17) is 15.7 Å². The van der Waals surface area contributed by atoms with Crippen LogP contribution in [0.1, 0.15) is 12.8 Å². The largest absolute Gasteiger partial charge is 0.375 e. The molecule has 1 aliphatic heterocycles. The van der Waals surface area contributed by atoms with Crippen molar-refractivity contribution in [2.75, 3.05) is 20.2 Å². The van der Waals surface area contributed by atoms with Gasteiger partial charge >= 0.3 is 0 Å². The van der Waals surface area contributed by atoms with Gasteiger partial charge in [0.05, 0.1) is 31.2 Å². The average molecular weight is 195 g/mol. The first-order chi connectivity index (χ1) is 6.74. The molecule has 2 bridgehead atoms. The van der Waals surface area contributed by atoms with Crippen molar-refractivity contribution in [2.24, 2.45) is 11.7 Å². The van der Waals surface area contributed by atoms with E-state index in [0.29, 0.717) is 25.0 Å². The van der Waals surface area contributed by atoms with Crippen LogP contribution < -0.4 is 5.73 Å². The zero-order chi connectivity index (χ0) is 10.1. The number of likely N-dealkylation sites (N-methyl/N-ethyl adjacent to an activating group) is 1. The van der Waals surface area contributed by atoms with Crippen LogP contribution in [0.25, 0.3) is 0 Å². The first kappa shape index (κ1) is 9.91. The molecule has 2 N–H and O–H groups in total. The molecule has 78 valence electrons. The lowest BCUT2D eigenvalue weighted by Crippen LogP contribution is -2.44. The number of nitrogens with zero attached hydrogens (tertiary/aromatic N) is 2. The van der Waals surface area contributed by atoms with Gasteiger partial charge in [0.2, 0.25) is 0 Å².